The Hall–Kier alpha value is -2.47. The van der Waals surface area contributed by atoms with Crippen LogP contribution >= 0.6 is 0 Å². The summed E-state index contributed by atoms with van der Waals surface area (Å²) in [6.07, 6.45) is 1.59. The van der Waals surface area contributed by atoms with Gasteiger partial charge in [-0.2, -0.15) is 0 Å². The number of carbonyl (C=O) groups excluding carboxylic acids is 1. The van der Waals surface area contributed by atoms with Crippen molar-refractivity contribution in [2.45, 2.75) is 6.04 Å². The highest BCUT2D eigenvalue weighted by Gasteiger charge is 2.57. The minimum absolute atomic E-state index is 0.245. The lowest BCUT2D eigenvalue weighted by Crippen LogP contribution is -2.31. The van der Waals surface area contributed by atoms with Gasteiger partial charge in [0.2, 0.25) is 5.95 Å². The number of hydrogen-bond acceptors (Lipinski definition) is 5. The standard InChI is InChI=1S/C16H17N5O/c17-15(22)13-6-7-19-16(20-13)21(10-4-2-1-3-5-10)14-11-8-18-9-12(11)14/h1-7,11-12,14,18H,8-9H2,(H2,17,22). The summed E-state index contributed by atoms with van der Waals surface area (Å²) in [7, 11) is 0. The Morgan fingerprint density at radius 3 is 2.59 bits per heavy atom. The molecule has 6 heteroatoms. The summed E-state index contributed by atoms with van der Waals surface area (Å²) < 4.78 is 0. The predicted molar refractivity (Wildman–Crippen MR) is 82.8 cm³/mol. The zero-order valence-corrected chi connectivity index (χ0v) is 12.0. The number of aromatic nitrogens is 2. The molecule has 6 nitrogen and oxygen atoms in total. The lowest BCUT2D eigenvalue weighted by Gasteiger charge is -2.25. The molecule has 22 heavy (non-hydrogen) atoms. The third-order valence-electron chi connectivity index (χ3n) is 4.49. The minimum Gasteiger partial charge on any atom is -0.364 e. The van der Waals surface area contributed by atoms with E-state index < -0.39 is 5.91 Å². The molecule has 2 atom stereocenters. The minimum atomic E-state index is -0.533. The summed E-state index contributed by atoms with van der Waals surface area (Å²) in [6, 6.07) is 12.0. The number of para-hydroxylation sites is 1. The predicted octanol–water partition coefficient (Wildman–Crippen LogP) is 0.931. The Morgan fingerprint density at radius 1 is 1.18 bits per heavy atom. The van der Waals surface area contributed by atoms with Crippen molar-refractivity contribution in [3.05, 3.63) is 48.3 Å². The number of rotatable bonds is 4. The van der Waals surface area contributed by atoms with Crippen LogP contribution in [0.3, 0.4) is 0 Å². The summed E-state index contributed by atoms with van der Waals surface area (Å²) in [5.74, 6) is 1.23. The van der Waals surface area contributed by atoms with Gasteiger partial charge in [-0.25, -0.2) is 9.97 Å². The van der Waals surface area contributed by atoms with Crippen LogP contribution in [0.15, 0.2) is 42.6 Å². The average molecular weight is 295 g/mol. The molecule has 2 aliphatic rings. The highest BCUT2D eigenvalue weighted by Crippen LogP contribution is 2.49. The fourth-order valence-corrected chi connectivity index (χ4v) is 3.38. The lowest BCUT2D eigenvalue weighted by atomic mass is 10.2. The van der Waals surface area contributed by atoms with Crippen LogP contribution in [-0.2, 0) is 0 Å². The molecule has 2 aromatic rings. The lowest BCUT2D eigenvalue weighted by molar-refractivity contribution is 0.0995. The van der Waals surface area contributed by atoms with E-state index in [1.165, 1.54) is 0 Å². The molecule has 1 aliphatic carbocycles. The number of piperidine rings is 1. The van der Waals surface area contributed by atoms with Crippen molar-refractivity contribution in [1.82, 2.24) is 15.3 Å². The van der Waals surface area contributed by atoms with E-state index in [4.69, 9.17) is 5.73 Å². The molecular weight excluding hydrogens is 278 g/mol. The maximum Gasteiger partial charge on any atom is 0.267 e. The van der Waals surface area contributed by atoms with Crippen molar-refractivity contribution in [2.24, 2.45) is 17.6 Å². The molecule has 2 heterocycles. The second kappa shape index (κ2) is 5.06. The van der Waals surface area contributed by atoms with Crippen molar-refractivity contribution in [3.63, 3.8) is 0 Å². The van der Waals surface area contributed by atoms with Gasteiger partial charge in [0, 0.05) is 31.0 Å². The Balaban J connectivity index is 1.74. The summed E-state index contributed by atoms with van der Waals surface area (Å²) in [5.41, 5.74) is 6.64. The molecule has 4 rings (SSSR count). The van der Waals surface area contributed by atoms with Crippen LogP contribution in [0.4, 0.5) is 11.6 Å². The van der Waals surface area contributed by atoms with Crippen molar-refractivity contribution in [1.29, 1.82) is 0 Å². The van der Waals surface area contributed by atoms with E-state index >= 15 is 0 Å². The van der Waals surface area contributed by atoms with E-state index in [2.05, 4.69) is 20.2 Å². The quantitative estimate of drug-likeness (QED) is 0.876. The summed E-state index contributed by atoms with van der Waals surface area (Å²) in [6.45, 7) is 2.04. The van der Waals surface area contributed by atoms with Gasteiger partial charge in [-0.3, -0.25) is 4.79 Å². The van der Waals surface area contributed by atoms with E-state index in [-0.39, 0.29) is 5.69 Å². The van der Waals surface area contributed by atoms with Crippen LogP contribution in [0.25, 0.3) is 0 Å². The van der Waals surface area contributed by atoms with Gasteiger partial charge in [0.1, 0.15) is 5.69 Å². The van der Waals surface area contributed by atoms with Gasteiger partial charge in [-0.1, -0.05) is 18.2 Å². The molecule has 1 aliphatic heterocycles. The Morgan fingerprint density at radius 2 is 1.91 bits per heavy atom. The third-order valence-corrected chi connectivity index (χ3v) is 4.49. The Bertz CT molecular complexity index is 695. The first kappa shape index (κ1) is 13.2. The molecule has 0 bridgehead atoms. The van der Waals surface area contributed by atoms with Crippen LogP contribution in [0, 0.1) is 11.8 Å². The van der Waals surface area contributed by atoms with Crippen LogP contribution in [0.2, 0.25) is 0 Å². The highest BCUT2D eigenvalue weighted by molar-refractivity contribution is 5.91. The van der Waals surface area contributed by atoms with Crippen molar-refractivity contribution in [3.8, 4) is 0 Å². The fraction of sp³-hybridized carbons (Fsp3) is 0.312. The third kappa shape index (κ3) is 2.12. The Labute approximate surface area is 128 Å². The number of primary amides is 1. The zero-order chi connectivity index (χ0) is 15.1. The molecule has 0 radical (unpaired) electrons. The molecule has 1 amide bonds. The first-order chi connectivity index (χ1) is 10.8. The normalized spacial score (nSPS) is 25.5. The van der Waals surface area contributed by atoms with E-state index in [1.807, 2.05) is 30.3 Å². The maximum atomic E-state index is 11.4. The number of nitrogens with zero attached hydrogens (tertiary/aromatic N) is 3. The van der Waals surface area contributed by atoms with E-state index in [1.54, 1.807) is 12.3 Å². The smallest absolute Gasteiger partial charge is 0.267 e. The number of carbonyl (C=O) groups is 1. The number of hydrogen-bond donors (Lipinski definition) is 2. The van der Waals surface area contributed by atoms with Crippen LogP contribution < -0.4 is 16.0 Å². The van der Waals surface area contributed by atoms with Gasteiger partial charge in [-0.15, -0.1) is 0 Å². The molecular formula is C16H17N5O. The van der Waals surface area contributed by atoms with Gasteiger partial charge >= 0.3 is 0 Å². The summed E-state index contributed by atoms with van der Waals surface area (Å²) in [5, 5.41) is 3.40. The van der Waals surface area contributed by atoms with Gasteiger partial charge in [0.15, 0.2) is 0 Å². The number of amides is 1. The second-order valence-corrected chi connectivity index (χ2v) is 5.79. The van der Waals surface area contributed by atoms with Gasteiger partial charge < -0.3 is 16.0 Å². The van der Waals surface area contributed by atoms with E-state index in [0.717, 1.165) is 18.8 Å². The molecule has 1 saturated heterocycles. The van der Waals surface area contributed by atoms with E-state index in [9.17, 15) is 4.79 Å². The van der Waals surface area contributed by atoms with Crippen molar-refractivity contribution >= 4 is 17.5 Å². The number of benzene rings is 1. The second-order valence-electron chi connectivity index (χ2n) is 5.79. The van der Waals surface area contributed by atoms with Gasteiger partial charge in [0.25, 0.3) is 5.91 Å². The largest absolute Gasteiger partial charge is 0.364 e. The molecule has 3 N–H and O–H groups in total. The summed E-state index contributed by atoms with van der Waals surface area (Å²) >= 11 is 0. The zero-order valence-electron chi connectivity index (χ0n) is 12.0. The number of nitrogens with two attached hydrogens (primary N) is 1. The monoisotopic (exact) mass is 295 g/mol. The molecule has 1 aromatic heterocycles. The summed E-state index contributed by atoms with van der Waals surface area (Å²) in [4.78, 5) is 22.3. The van der Waals surface area contributed by atoms with Crippen molar-refractivity contribution in [2.75, 3.05) is 18.0 Å². The van der Waals surface area contributed by atoms with Crippen LogP contribution in [-0.4, -0.2) is 35.0 Å². The topological polar surface area (TPSA) is 84.1 Å². The first-order valence-electron chi connectivity index (χ1n) is 7.43. The van der Waals surface area contributed by atoms with E-state index in [0.29, 0.717) is 23.8 Å². The molecule has 2 fully saturated rings. The SMILES string of the molecule is NC(=O)c1ccnc(N(c2ccccc2)C2C3CNCC32)n1. The molecule has 2 unspecified atom stereocenters. The van der Waals surface area contributed by atoms with Gasteiger partial charge in [-0.05, 0) is 30.0 Å². The molecule has 1 aromatic carbocycles. The first-order valence-corrected chi connectivity index (χ1v) is 7.43. The number of nitrogens with one attached hydrogen (secondary N) is 1. The molecule has 0 spiro atoms. The van der Waals surface area contributed by atoms with Crippen molar-refractivity contribution < 1.29 is 4.79 Å². The highest BCUT2D eigenvalue weighted by atomic mass is 16.1. The van der Waals surface area contributed by atoms with Gasteiger partial charge in [0.05, 0.1) is 0 Å². The number of anilines is 2. The number of fused-ring (bicyclic) bond motifs is 1. The Kier molecular flexibility index (Phi) is 3.04. The molecule has 112 valence electrons. The maximum absolute atomic E-state index is 11.4. The van der Waals surface area contributed by atoms with Crippen LogP contribution in [0.5, 0.6) is 0 Å². The fourth-order valence-electron chi connectivity index (χ4n) is 3.38. The van der Waals surface area contributed by atoms with Crippen LogP contribution in [0.1, 0.15) is 10.5 Å². The average Bonchev–Trinajstić information content (AvgIpc) is 3.00. The molecule has 1 saturated carbocycles.